The molecule has 0 fully saturated rings. The van der Waals surface area contributed by atoms with Gasteiger partial charge in [0.2, 0.25) is 0 Å². The molecule has 0 saturated heterocycles. The Labute approximate surface area is 100 Å². The van der Waals surface area contributed by atoms with Gasteiger partial charge in [-0.1, -0.05) is 32.6 Å². The molecule has 1 atom stereocenters. The zero-order chi connectivity index (χ0) is 12.2. The van der Waals surface area contributed by atoms with Crippen molar-refractivity contribution >= 4 is 0 Å². The van der Waals surface area contributed by atoms with Crippen molar-refractivity contribution in [3.63, 3.8) is 0 Å². The van der Waals surface area contributed by atoms with Gasteiger partial charge in [-0.3, -0.25) is 4.90 Å². The number of allylic oxidation sites excluding steroid dienone is 2. The molecular weight excluding hydrogens is 196 g/mol. The van der Waals surface area contributed by atoms with E-state index in [1.807, 2.05) is 0 Å². The van der Waals surface area contributed by atoms with Crippen LogP contribution in [0.15, 0.2) is 24.0 Å². The Morgan fingerprint density at radius 1 is 1.12 bits per heavy atom. The van der Waals surface area contributed by atoms with Crippen LogP contribution in [-0.2, 0) is 0 Å². The van der Waals surface area contributed by atoms with Crippen LogP contribution in [0, 0.1) is 11.8 Å². The summed E-state index contributed by atoms with van der Waals surface area (Å²) >= 11 is 0. The highest BCUT2D eigenvalue weighted by Gasteiger charge is 2.06. The predicted octanol–water partition coefficient (Wildman–Crippen LogP) is 2.76. The Hall–Kier alpha value is -1.07. The molecule has 0 amide bonds. The predicted molar refractivity (Wildman–Crippen MR) is 67.1 cm³/mol. The van der Waals surface area contributed by atoms with E-state index in [0.29, 0.717) is 0 Å². The smallest absolute Gasteiger partial charge is 0.102 e. The molecule has 16 heavy (non-hydrogen) atoms. The lowest BCUT2D eigenvalue weighted by molar-refractivity contribution is -0.788. The topological polar surface area (TPSA) is 28.2 Å². The monoisotopic (exact) mass is 220 g/mol. The average Bonchev–Trinajstić information content (AvgIpc) is 2.72. The normalized spacial score (nSPS) is 17.8. The van der Waals surface area contributed by atoms with E-state index >= 15 is 0 Å². The molecule has 1 N–H and O–H groups in total. The Balaban J connectivity index is 0.00000106. The van der Waals surface area contributed by atoms with Crippen LogP contribution in [0.5, 0.6) is 0 Å². The lowest BCUT2D eigenvalue weighted by Crippen LogP contribution is -3.01. The van der Waals surface area contributed by atoms with Crippen LogP contribution in [-0.4, -0.2) is 6.54 Å². The fourth-order valence-corrected chi connectivity index (χ4v) is 1.89. The van der Waals surface area contributed by atoms with Crippen LogP contribution in [0.4, 0.5) is 0 Å². The Morgan fingerprint density at radius 2 is 1.75 bits per heavy atom. The Kier molecular flexibility index (Phi) is 9.75. The summed E-state index contributed by atoms with van der Waals surface area (Å²) < 4.78 is 0. The molecule has 0 aromatic rings. The molecule has 1 heterocycles. The van der Waals surface area contributed by atoms with E-state index in [0.717, 1.165) is 0 Å². The first-order chi connectivity index (χ1) is 7.83. The third-order valence-corrected chi connectivity index (χ3v) is 2.79. The number of quaternary nitrogens is 1. The van der Waals surface area contributed by atoms with Crippen LogP contribution < -0.4 is 4.90 Å². The quantitative estimate of drug-likeness (QED) is 0.518. The van der Waals surface area contributed by atoms with Crippen molar-refractivity contribution in [2.24, 2.45) is 0 Å². The summed E-state index contributed by atoms with van der Waals surface area (Å²) in [6, 6.07) is 0. The molecule has 0 aromatic carbocycles. The van der Waals surface area contributed by atoms with E-state index < -0.39 is 0 Å². The van der Waals surface area contributed by atoms with Gasteiger partial charge < -0.3 is 11.8 Å². The molecule has 1 unspecified atom stereocenters. The second kappa shape index (κ2) is 10.4. The third kappa shape index (κ3) is 7.25. The van der Waals surface area contributed by atoms with E-state index in [-0.39, 0.29) is 0 Å². The minimum atomic E-state index is 1.28. The average molecular weight is 220 g/mol. The van der Waals surface area contributed by atoms with Gasteiger partial charge in [-0.25, -0.2) is 0 Å². The molecular formula is C14H24N2. The molecule has 0 radical (unpaired) electrons. The second-order valence-corrected chi connectivity index (χ2v) is 4.31. The van der Waals surface area contributed by atoms with Crippen LogP contribution in [0.3, 0.4) is 0 Å². The minimum absolute atomic E-state index is 1.28. The fraction of sp³-hybridized carbons (Fsp3) is 0.643. The van der Waals surface area contributed by atoms with Gasteiger partial charge in [-0.05, 0) is 25.8 Å². The van der Waals surface area contributed by atoms with E-state index in [4.69, 9.17) is 11.8 Å². The number of nitrogens with zero attached hydrogens (tertiary/aromatic N) is 1. The molecule has 90 valence electrons. The Morgan fingerprint density at radius 3 is 2.31 bits per heavy atom. The van der Waals surface area contributed by atoms with E-state index in [2.05, 4.69) is 32.3 Å². The first-order valence-electron chi connectivity index (χ1n) is 6.27. The van der Waals surface area contributed by atoms with Crippen molar-refractivity contribution in [1.29, 1.82) is 5.26 Å². The molecule has 0 saturated carbocycles. The van der Waals surface area contributed by atoms with Crippen LogP contribution in [0.25, 0.3) is 0 Å². The molecule has 1 rings (SSSR count). The highest BCUT2D eigenvalue weighted by atomic mass is 15.1. The highest BCUT2D eigenvalue weighted by Crippen LogP contribution is 2.04. The molecule has 2 heteroatoms. The maximum atomic E-state index is 6.25. The number of hydrogen-bond acceptors (Lipinski definition) is 1. The standard InChI is InChI=1S/C13H23N.CN/c1-3-4-5-6-7-8-10-14-11-9-13(2)12-14;1-2/h9,11-12H,3-8,10H2,1-2H3;/q;-1/p+1. The summed E-state index contributed by atoms with van der Waals surface area (Å²) in [6.45, 7) is 10.5. The van der Waals surface area contributed by atoms with Gasteiger partial charge in [0, 0.05) is 5.57 Å². The van der Waals surface area contributed by atoms with Gasteiger partial charge in [0.25, 0.3) is 0 Å². The van der Waals surface area contributed by atoms with E-state index in [9.17, 15) is 0 Å². The van der Waals surface area contributed by atoms with Crippen molar-refractivity contribution in [3.05, 3.63) is 30.6 Å². The van der Waals surface area contributed by atoms with Crippen molar-refractivity contribution in [3.8, 4) is 0 Å². The second-order valence-electron chi connectivity index (χ2n) is 4.31. The highest BCUT2D eigenvalue weighted by molar-refractivity contribution is 5.14. The van der Waals surface area contributed by atoms with Gasteiger partial charge in [0.1, 0.15) is 6.20 Å². The van der Waals surface area contributed by atoms with E-state index in [1.165, 1.54) is 55.5 Å². The lowest BCUT2D eigenvalue weighted by atomic mass is 10.1. The summed E-state index contributed by atoms with van der Waals surface area (Å²) in [5.41, 5.74) is 1.41. The number of rotatable bonds is 7. The molecule has 2 nitrogen and oxygen atoms in total. The van der Waals surface area contributed by atoms with Gasteiger partial charge in [0.05, 0.1) is 12.7 Å². The van der Waals surface area contributed by atoms with Gasteiger partial charge in [-0.2, -0.15) is 0 Å². The molecule has 0 aliphatic carbocycles. The molecule has 0 bridgehead atoms. The first-order valence-corrected chi connectivity index (χ1v) is 6.27. The largest absolute Gasteiger partial charge is 0.512 e. The van der Waals surface area contributed by atoms with Crippen molar-refractivity contribution in [2.45, 2.75) is 52.4 Å². The molecule has 1 aliphatic rings. The SMILES string of the molecule is CCCCCCCC[NH+]1C=CC(C)=C1.[C-]#N. The summed E-state index contributed by atoms with van der Waals surface area (Å²) in [5.74, 6) is 0. The van der Waals surface area contributed by atoms with Crippen LogP contribution in [0.1, 0.15) is 52.4 Å². The van der Waals surface area contributed by atoms with Crippen molar-refractivity contribution in [1.82, 2.24) is 0 Å². The van der Waals surface area contributed by atoms with Crippen LogP contribution >= 0.6 is 0 Å². The van der Waals surface area contributed by atoms with Crippen molar-refractivity contribution in [2.75, 3.05) is 6.54 Å². The van der Waals surface area contributed by atoms with Gasteiger partial charge >= 0.3 is 0 Å². The Bertz CT molecular complexity index is 238. The summed E-state index contributed by atoms with van der Waals surface area (Å²) in [7, 11) is 0. The lowest BCUT2D eigenvalue weighted by Gasteiger charge is -2.06. The summed E-state index contributed by atoms with van der Waals surface area (Å²) in [5, 5.41) is 6.25. The van der Waals surface area contributed by atoms with Crippen LogP contribution in [0.2, 0.25) is 0 Å². The number of nitrogens with one attached hydrogen (secondary N) is 1. The summed E-state index contributed by atoms with van der Waals surface area (Å²) in [4.78, 5) is 1.53. The van der Waals surface area contributed by atoms with Gasteiger partial charge in [0.15, 0.2) is 0 Å². The van der Waals surface area contributed by atoms with E-state index in [1.54, 1.807) is 0 Å². The molecule has 0 spiro atoms. The summed E-state index contributed by atoms with van der Waals surface area (Å²) in [6.07, 6.45) is 15.2. The molecule has 0 aromatic heterocycles. The fourth-order valence-electron chi connectivity index (χ4n) is 1.89. The maximum absolute atomic E-state index is 6.25. The maximum Gasteiger partial charge on any atom is 0.102 e. The third-order valence-electron chi connectivity index (χ3n) is 2.79. The van der Waals surface area contributed by atoms with Crippen molar-refractivity contribution < 1.29 is 4.90 Å². The minimum Gasteiger partial charge on any atom is -0.512 e. The number of hydrogen-bond donors (Lipinski definition) is 1. The zero-order valence-electron chi connectivity index (χ0n) is 10.6. The first kappa shape index (κ1) is 14.9. The molecule has 1 aliphatic heterocycles. The van der Waals surface area contributed by atoms with Gasteiger partial charge in [-0.15, -0.1) is 0 Å². The number of unbranched alkanes of at least 4 members (excludes halogenated alkanes) is 5. The zero-order valence-corrected chi connectivity index (χ0v) is 10.6.